The van der Waals surface area contributed by atoms with Crippen LogP contribution >= 0.6 is 15.9 Å². The first-order chi connectivity index (χ1) is 15.4. The van der Waals surface area contributed by atoms with Crippen LogP contribution in [0, 0.1) is 6.92 Å². The maximum Gasteiger partial charge on any atom is 0.335 e. The van der Waals surface area contributed by atoms with Gasteiger partial charge in [0.1, 0.15) is 0 Å². The number of hydrogen-bond acceptors (Lipinski definition) is 2. The molecule has 0 spiro atoms. The number of carbonyl (C=O) groups excluding carboxylic acids is 1. The molecule has 158 valence electrons. The summed E-state index contributed by atoms with van der Waals surface area (Å²) in [6.07, 6.45) is 0. The Kier molecular flexibility index (Phi) is 6.19. The Hall–Kier alpha value is -3.70. The number of rotatable bonds is 5. The monoisotopic (exact) mass is 485 g/mol. The van der Waals surface area contributed by atoms with E-state index in [2.05, 4.69) is 15.9 Å². The van der Waals surface area contributed by atoms with E-state index in [1.54, 1.807) is 41.3 Å². The zero-order valence-corrected chi connectivity index (χ0v) is 18.9. The predicted molar refractivity (Wildman–Crippen MR) is 131 cm³/mol. The molecule has 0 atom stereocenters. The zero-order valence-electron chi connectivity index (χ0n) is 17.3. The minimum atomic E-state index is -0.961. The molecule has 4 aromatic rings. The molecule has 0 aliphatic heterocycles. The molecule has 5 heteroatoms. The third kappa shape index (κ3) is 4.48. The molecule has 0 aliphatic rings. The summed E-state index contributed by atoms with van der Waals surface area (Å²) >= 11 is 3.46. The lowest BCUT2D eigenvalue weighted by Gasteiger charge is -2.24. The van der Waals surface area contributed by atoms with Gasteiger partial charge in [-0.05, 0) is 84.3 Å². The molecule has 0 heterocycles. The molecule has 0 bridgehead atoms. The third-order valence-electron chi connectivity index (χ3n) is 5.23. The van der Waals surface area contributed by atoms with Crippen molar-refractivity contribution in [2.24, 2.45) is 0 Å². The van der Waals surface area contributed by atoms with Crippen molar-refractivity contribution in [3.05, 3.63) is 118 Å². The second-order valence-corrected chi connectivity index (χ2v) is 8.28. The topological polar surface area (TPSA) is 57.6 Å². The first kappa shape index (κ1) is 21.5. The van der Waals surface area contributed by atoms with E-state index in [9.17, 15) is 14.7 Å². The minimum absolute atomic E-state index is 0.135. The largest absolute Gasteiger partial charge is 0.478 e. The fraction of sp³-hybridized carbons (Fsp3) is 0.0370. The van der Waals surface area contributed by atoms with Gasteiger partial charge in [-0.25, -0.2) is 4.79 Å². The van der Waals surface area contributed by atoms with Crippen molar-refractivity contribution in [2.45, 2.75) is 6.92 Å². The van der Waals surface area contributed by atoms with Crippen LogP contribution in [-0.4, -0.2) is 17.0 Å². The molecule has 0 radical (unpaired) electrons. The number of carboxylic acids is 1. The average Bonchev–Trinajstić information content (AvgIpc) is 2.82. The Morgan fingerprint density at radius 2 is 1.38 bits per heavy atom. The van der Waals surface area contributed by atoms with E-state index >= 15 is 0 Å². The van der Waals surface area contributed by atoms with Gasteiger partial charge in [-0.2, -0.15) is 0 Å². The molecule has 0 saturated carbocycles. The predicted octanol–water partition coefficient (Wildman–Crippen LogP) is 7.10. The first-order valence-corrected chi connectivity index (χ1v) is 10.8. The van der Waals surface area contributed by atoms with Crippen LogP contribution < -0.4 is 4.90 Å². The molecule has 4 nitrogen and oxygen atoms in total. The summed E-state index contributed by atoms with van der Waals surface area (Å²) in [4.78, 5) is 26.4. The van der Waals surface area contributed by atoms with E-state index in [0.29, 0.717) is 5.56 Å². The molecule has 0 aliphatic carbocycles. The highest BCUT2D eigenvalue weighted by Gasteiger charge is 2.21. The lowest BCUT2D eigenvalue weighted by atomic mass is 9.98. The molecule has 4 rings (SSSR count). The second kappa shape index (κ2) is 9.20. The number of amides is 1. The van der Waals surface area contributed by atoms with Gasteiger partial charge in [-0.15, -0.1) is 0 Å². The highest BCUT2D eigenvalue weighted by Crippen LogP contribution is 2.34. The van der Waals surface area contributed by atoms with E-state index in [4.69, 9.17) is 0 Å². The number of anilines is 2. The highest BCUT2D eigenvalue weighted by molar-refractivity contribution is 9.10. The van der Waals surface area contributed by atoms with Gasteiger partial charge >= 0.3 is 5.97 Å². The number of benzene rings is 4. The summed E-state index contributed by atoms with van der Waals surface area (Å²) in [6.45, 7) is 1.99. The highest BCUT2D eigenvalue weighted by atomic mass is 79.9. The van der Waals surface area contributed by atoms with Gasteiger partial charge in [0.25, 0.3) is 5.91 Å². The molecular formula is C27H20BrNO3. The van der Waals surface area contributed by atoms with Crippen molar-refractivity contribution in [1.29, 1.82) is 0 Å². The van der Waals surface area contributed by atoms with Crippen LogP contribution in [0.4, 0.5) is 11.4 Å². The van der Waals surface area contributed by atoms with Gasteiger partial charge in [-0.3, -0.25) is 9.69 Å². The Morgan fingerprint density at radius 1 is 0.750 bits per heavy atom. The lowest BCUT2D eigenvalue weighted by Crippen LogP contribution is -2.26. The molecule has 32 heavy (non-hydrogen) atoms. The second-order valence-electron chi connectivity index (χ2n) is 7.36. The quantitative estimate of drug-likeness (QED) is 0.327. The average molecular weight is 486 g/mol. The van der Waals surface area contributed by atoms with E-state index in [-0.39, 0.29) is 11.5 Å². The molecular weight excluding hydrogens is 466 g/mol. The Balaban J connectivity index is 1.82. The maximum absolute atomic E-state index is 13.5. The van der Waals surface area contributed by atoms with Crippen molar-refractivity contribution in [1.82, 2.24) is 0 Å². The van der Waals surface area contributed by atoms with Crippen molar-refractivity contribution in [2.75, 3.05) is 4.90 Å². The fourth-order valence-corrected chi connectivity index (χ4v) is 3.80. The van der Waals surface area contributed by atoms with Crippen LogP contribution in [-0.2, 0) is 0 Å². The molecule has 4 aromatic carbocycles. The molecule has 0 fully saturated rings. The van der Waals surface area contributed by atoms with E-state index in [1.165, 1.54) is 0 Å². The summed E-state index contributed by atoms with van der Waals surface area (Å²) < 4.78 is 0.927. The Morgan fingerprint density at radius 3 is 2.00 bits per heavy atom. The van der Waals surface area contributed by atoms with Gasteiger partial charge in [0.05, 0.1) is 5.56 Å². The molecule has 0 unspecified atom stereocenters. The van der Waals surface area contributed by atoms with Crippen molar-refractivity contribution in [3.8, 4) is 11.1 Å². The van der Waals surface area contributed by atoms with Crippen LogP contribution in [0.2, 0.25) is 0 Å². The smallest absolute Gasteiger partial charge is 0.335 e. The van der Waals surface area contributed by atoms with Crippen LogP contribution in [0.5, 0.6) is 0 Å². The number of carbonyl (C=O) groups is 2. The van der Waals surface area contributed by atoms with Gasteiger partial charge < -0.3 is 5.11 Å². The summed E-state index contributed by atoms with van der Waals surface area (Å²) in [5.41, 5.74) is 5.14. The van der Waals surface area contributed by atoms with Crippen molar-refractivity contribution < 1.29 is 14.7 Å². The summed E-state index contributed by atoms with van der Waals surface area (Å²) in [6, 6.07) is 29.4. The maximum atomic E-state index is 13.5. The van der Waals surface area contributed by atoms with Crippen LogP contribution in [0.3, 0.4) is 0 Å². The van der Waals surface area contributed by atoms with Gasteiger partial charge in [-0.1, -0.05) is 52.3 Å². The summed E-state index contributed by atoms with van der Waals surface area (Å²) in [7, 11) is 0. The number of carboxylic acid groups (broad SMARTS) is 1. The number of aryl methyl sites for hydroxylation is 1. The third-order valence-corrected chi connectivity index (χ3v) is 5.76. The van der Waals surface area contributed by atoms with Gasteiger partial charge in [0, 0.05) is 21.4 Å². The van der Waals surface area contributed by atoms with E-state index in [1.807, 2.05) is 67.6 Å². The van der Waals surface area contributed by atoms with Crippen LogP contribution in [0.15, 0.2) is 102 Å². The van der Waals surface area contributed by atoms with Crippen LogP contribution in [0.25, 0.3) is 11.1 Å². The number of aromatic carboxylic acids is 1. The fourth-order valence-electron chi connectivity index (χ4n) is 3.54. The molecule has 1 N–H and O–H groups in total. The summed E-state index contributed by atoms with van der Waals surface area (Å²) in [5, 5.41) is 9.19. The normalized spacial score (nSPS) is 10.6. The molecule has 0 aromatic heterocycles. The zero-order chi connectivity index (χ0) is 22.7. The van der Waals surface area contributed by atoms with Gasteiger partial charge in [0.2, 0.25) is 0 Å². The Labute approximate surface area is 194 Å². The van der Waals surface area contributed by atoms with Crippen LogP contribution in [0.1, 0.15) is 26.3 Å². The minimum Gasteiger partial charge on any atom is -0.478 e. The number of nitrogens with zero attached hydrogens (tertiary/aromatic N) is 1. The molecule has 1 amide bonds. The van der Waals surface area contributed by atoms with Crippen molar-refractivity contribution >= 4 is 39.2 Å². The van der Waals surface area contributed by atoms with Gasteiger partial charge in [0.15, 0.2) is 0 Å². The van der Waals surface area contributed by atoms with Crippen molar-refractivity contribution in [3.63, 3.8) is 0 Å². The SMILES string of the molecule is Cc1ccc(N(C(=O)c2ccccc2)c2ccc(Br)cc2)cc1-c1ccc(C(=O)O)cc1. The lowest BCUT2D eigenvalue weighted by molar-refractivity contribution is 0.0696. The first-order valence-electron chi connectivity index (χ1n) is 10.0. The number of hydrogen-bond donors (Lipinski definition) is 1. The number of halogens is 1. The van der Waals surface area contributed by atoms with E-state index in [0.717, 1.165) is 32.5 Å². The standard InChI is InChI=1S/C27H20BrNO3/c1-18-7-14-24(17-25(18)19-8-10-21(11-9-19)27(31)32)29(23-15-12-22(28)13-16-23)26(30)20-5-3-2-4-6-20/h2-17H,1H3,(H,31,32). The molecule has 0 saturated heterocycles. The Bertz CT molecular complexity index is 1270. The van der Waals surface area contributed by atoms with E-state index < -0.39 is 5.97 Å². The summed E-state index contributed by atoms with van der Waals surface area (Å²) in [5.74, 6) is -1.10.